The van der Waals surface area contributed by atoms with Crippen LogP contribution in [0.3, 0.4) is 0 Å². The van der Waals surface area contributed by atoms with Crippen LogP contribution in [0, 0.1) is 5.92 Å². The van der Waals surface area contributed by atoms with E-state index in [0.29, 0.717) is 5.92 Å². The number of ether oxygens (including phenoxy) is 1. The zero-order valence-electron chi connectivity index (χ0n) is 12.1. The molecule has 1 aromatic rings. The Labute approximate surface area is 119 Å². The van der Waals surface area contributed by atoms with Gasteiger partial charge in [0.15, 0.2) is 0 Å². The number of hydrogen-bond acceptors (Lipinski definition) is 3. The first kappa shape index (κ1) is 15.8. The van der Waals surface area contributed by atoms with Crippen LogP contribution in [-0.4, -0.2) is 18.9 Å². The highest BCUT2D eigenvalue weighted by molar-refractivity contribution is 5.98. The van der Waals surface area contributed by atoms with Crippen molar-refractivity contribution < 1.29 is 9.53 Å². The highest BCUT2D eigenvalue weighted by Gasteiger charge is 2.01. The maximum absolute atomic E-state index is 10.7. The second kappa shape index (κ2) is 7.99. The summed E-state index contributed by atoms with van der Waals surface area (Å²) in [5.41, 5.74) is 9.08. The molecule has 0 heterocycles. The molecule has 0 spiro atoms. The lowest BCUT2D eigenvalue weighted by Gasteiger charge is -2.05. The Bertz CT molecular complexity index is 490. The minimum atomic E-state index is -0.663. The second-order valence-corrected chi connectivity index (χ2v) is 4.78. The molecule has 0 radical (unpaired) electrons. The van der Waals surface area contributed by atoms with Crippen LogP contribution in [0.25, 0.3) is 6.08 Å². The number of nitrogens with zero attached hydrogens (tertiary/aromatic N) is 1. The summed E-state index contributed by atoms with van der Waals surface area (Å²) >= 11 is 0. The summed E-state index contributed by atoms with van der Waals surface area (Å²) in [7, 11) is 1.63. The molecule has 0 bridgehead atoms. The molecule has 0 saturated carbocycles. The molecule has 0 saturated heterocycles. The number of methoxy groups -OCH3 is 1. The normalized spacial score (nSPS) is 11.9. The first-order chi connectivity index (χ1) is 9.51. The second-order valence-electron chi connectivity index (χ2n) is 4.78. The highest BCUT2D eigenvalue weighted by Crippen LogP contribution is 2.13. The molecular weight excluding hydrogens is 254 g/mol. The number of allylic oxidation sites excluding steroid dienone is 1. The van der Waals surface area contributed by atoms with Gasteiger partial charge in [0.1, 0.15) is 5.75 Å². The molecule has 0 aliphatic carbocycles. The van der Waals surface area contributed by atoms with Crippen LogP contribution in [-0.2, 0) is 0 Å². The molecule has 108 valence electrons. The fraction of sp³-hybridized carbons (Fsp3) is 0.333. The first-order valence-corrected chi connectivity index (χ1v) is 6.45. The third-order valence-electron chi connectivity index (χ3n) is 2.51. The van der Waals surface area contributed by atoms with Crippen LogP contribution in [0.2, 0.25) is 0 Å². The smallest absolute Gasteiger partial charge is 0.332 e. The monoisotopic (exact) mass is 275 g/mol. The largest absolute Gasteiger partial charge is 0.497 e. The lowest BCUT2D eigenvalue weighted by atomic mass is 10.1. The lowest BCUT2D eigenvalue weighted by molar-refractivity contribution is 0.249. The molecule has 0 atom stereocenters. The average molecular weight is 275 g/mol. The van der Waals surface area contributed by atoms with Gasteiger partial charge in [-0.25, -0.2) is 10.2 Å². The van der Waals surface area contributed by atoms with Crippen molar-refractivity contribution in [1.29, 1.82) is 0 Å². The minimum Gasteiger partial charge on any atom is -0.497 e. The van der Waals surface area contributed by atoms with Crippen LogP contribution >= 0.6 is 0 Å². The molecule has 0 aromatic heterocycles. The van der Waals surface area contributed by atoms with E-state index in [2.05, 4.69) is 24.4 Å². The Balaban J connectivity index is 2.78. The van der Waals surface area contributed by atoms with Crippen molar-refractivity contribution in [3.8, 4) is 5.75 Å². The van der Waals surface area contributed by atoms with Crippen LogP contribution in [0.15, 0.2) is 35.4 Å². The zero-order chi connectivity index (χ0) is 15.0. The van der Waals surface area contributed by atoms with Crippen molar-refractivity contribution in [2.75, 3.05) is 7.11 Å². The molecule has 3 N–H and O–H groups in total. The summed E-state index contributed by atoms with van der Waals surface area (Å²) in [5, 5.41) is 3.99. The molecule has 20 heavy (non-hydrogen) atoms. The Morgan fingerprint density at radius 1 is 1.40 bits per heavy atom. The Morgan fingerprint density at radius 3 is 2.55 bits per heavy atom. The van der Waals surface area contributed by atoms with E-state index in [4.69, 9.17) is 10.5 Å². The Hall–Kier alpha value is -2.30. The number of amides is 2. The number of carbonyl (C=O) groups is 1. The van der Waals surface area contributed by atoms with E-state index in [1.165, 1.54) is 0 Å². The van der Waals surface area contributed by atoms with Gasteiger partial charge in [-0.3, -0.25) is 0 Å². The van der Waals surface area contributed by atoms with Gasteiger partial charge in [-0.15, -0.1) is 0 Å². The van der Waals surface area contributed by atoms with Crippen LogP contribution in [0.4, 0.5) is 4.79 Å². The molecule has 1 rings (SSSR count). The Morgan fingerprint density at radius 2 is 2.05 bits per heavy atom. The van der Waals surface area contributed by atoms with Crippen molar-refractivity contribution in [2.24, 2.45) is 16.8 Å². The van der Waals surface area contributed by atoms with E-state index in [-0.39, 0.29) is 0 Å². The van der Waals surface area contributed by atoms with Gasteiger partial charge in [0.05, 0.1) is 12.8 Å². The third-order valence-corrected chi connectivity index (χ3v) is 2.51. The van der Waals surface area contributed by atoms with Gasteiger partial charge >= 0.3 is 6.03 Å². The van der Waals surface area contributed by atoms with Gasteiger partial charge in [-0.1, -0.05) is 32.1 Å². The predicted molar refractivity (Wildman–Crippen MR) is 81.6 cm³/mol. The van der Waals surface area contributed by atoms with Crippen molar-refractivity contribution >= 4 is 17.8 Å². The van der Waals surface area contributed by atoms with E-state index >= 15 is 0 Å². The van der Waals surface area contributed by atoms with Crippen molar-refractivity contribution in [3.05, 3.63) is 35.9 Å². The molecule has 1 aromatic carbocycles. The number of urea groups is 1. The van der Waals surface area contributed by atoms with Gasteiger partial charge in [-0.2, -0.15) is 5.10 Å². The molecule has 5 heteroatoms. The molecule has 5 nitrogen and oxygen atoms in total. The molecule has 0 fully saturated rings. The van der Waals surface area contributed by atoms with Gasteiger partial charge in [-0.05, 0) is 36.1 Å². The number of hydrogen-bond donors (Lipinski definition) is 2. The number of hydrazone groups is 1. The molecule has 2 amide bonds. The Kier molecular flexibility index (Phi) is 6.29. The zero-order valence-corrected chi connectivity index (χ0v) is 12.1. The van der Waals surface area contributed by atoms with Crippen molar-refractivity contribution in [2.45, 2.75) is 20.3 Å². The number of rotatable bonds is 6. The third kappa shape index (κ3) is 6.04. The fourth-order valence-electron chi connectivity index (χ4n) is 1.60. The fourth-order valence-corrected chi connectivity index (χ4v) is 1.60. The van der Waals surface area contributed by atoms with Gasteiger partial charge in [0.2, 0.25) is 0 Å². The van der Waals surface area contributed by atoms with E-state index in [1.54, 1.807) is 7.11 Å². The van der Waals surface area contributed by atoms with Crippen LogP contribution in [0.1, 0.15) is 25.8 Å². The summed E-state index contributed by atoms with van der Waals surface area (Å²) in [5.74, 6) is 1.25. The molecule has 0 aliphatic heterocycles. The molecule has 0 aliphatic rings. The number of primary amides is 1. The lowest BCUT2D eigenvalue weighted by Crippen LogP contribution is -2.25. The average Bonchev–Trinajstić information content (AvgIpc) is 2.42. The van der Waals surface area contributed by atoms with Crippen LogP contribution in [0.5, 0.6) is 5.75 Å². The molecule has 0 unspecified atom stereocenters. The maximum Gasteiger partial charge on any atom is 0.332 e. The predicted octanol–water partition coefficient (Wildman–Crippen LogP) is 2.78. The van der Waals surface area contributed by atoms with Crippen molar-refractivity contribution in [1.82, 2.24) is 5.43 Å². The van der Waals surface area contributed by atoms with Gasteiger partial charge < -0.3 is 10.5 Å². The van der Waals surface area contributed by atoms with Crippen LogP contribution < -0.4 is 15.9 Å². The van der Waals surface area contributed by atoms with Crippen molar-refractivity contribution in [3.63, 3.8) is 0 Å². The quantitative estimate of drug-likeness (QED) is 0.618. The minimum absolute atomic E-state index is 0.434. The summed E-state index contributed by atoms with van der Waals surface area (Å²) in [6, 6.07) is 7.01. The van der Waals surface area contributed by atoms with E-state index in [0.717, 1.165) is 23.4 Å². The highest BCUT2D eigenvalue weighted by atomic mass is 16.5. The standard InChI is InChI=1S/C15H21N3O2/c1-11(2)10-13(17-18-15(16)19)7-4-12-5-8-14(20-3)9-6-12/h4-9,11H,10H2,1-3H3,(H3,16,18,19). The number of nitrogens with one attached hydrogen (secondary N) is 1. The number of nitrogens with two attached hydrogens (primary N) is 1. The first-order valence-electron chi connectivity index (χ1n) is 6.45. The van der Waals surface area contributed by atoms with Gasteiger partial charge in [0, 0.05) is 0 Å². The van der Waals surface area contributed by atoms with E-state index in [1.807, 2.05) is 36.4 Å². The van der Waals surface area contributed by atoms with E-state index < -0.39 is 6.03 Å². The SMILES string of the molecule is COc1ccc(C=CC(CC(C)C)=NNC(N)=O)cc1. The van der Waals surface area contributed by atoms with E-state index in [9.17, 15) is 4.79 Å². The number of benzene rings is 1. The summed E-state index contributed by atoms with van der Waals surface area (Å²) in [6.45, 7) is 4.17. The summed E-state index contributed by atoms with van der Waals surface area (Å²) < 4.78 is 5.10. The van der Waals surface area contributed by atoms with Gasteiger partial charge in [0.25, 0.3) is 0 Å². The topological polar surface area (TPSA) is 76.7 Å². The number of carbonyl (C=O) groups excluding carboxylic acids is 1. The maximum atomic E-state index is 10.7. The molecular formula is C15H21N3O2. The summed E-state index contributed by atoms with van der Waals surface area (Å²) in [6.07, 6.45) is 4.56. The summed E-state index contributed by atoms with van der Waals surface area (Å²) in [4.78, 5) is 10.7.